The number of hydrogen-bond donors (Lipinski definition) is 1. The van der Waals surface area contributed by atoms with E-state index in [9.17, 15) is 4.79 Å². The highest BCUT2D eigenvalue weighted by molar-refractivity contribution is 5.47. The van der Waals surface area contributed by atoms with E-state index < -0.39 is 0 Å². The van der Waals surface area contributed by atoms with Gasteiger partial charge in [0.1, 0.15) is 0 Å². The highest BCUT2D eigenvalue weighted by Gasteiger charge is 2.01. The van der Waals surface area contributed by atoms with Crippen molar-refractivity contribution in [3.05, 3.63) is 35.4 Å². The van der Waals surface area contributed by atoms with E-state index in [4.69, 9.17) is 0 Å². The molecule has 0 bridgehead atoms. The molecule has 0 radical (unpaired) electrons. The second-order valence-corrected chi connectivity index (χ2v) is 2.92. The molecule has 1 unspecified atom stereocenters. The lowest BCUT2D eigenvalue weighted by Crippen LogP contribution is -2.15. The minimum atomic E-state index is 0.100. The lowest BCUT2D eigenvalue weighted by molar-refractivity contribution is -0.110. The van der Waals surface area contributed by atoms with Gasteiger partial charge in [-0.25, -0.2) is 0 Å². The molecule has 0 heterocycles. The summed E-state index contributed by atoms with van der Waals surface area (Å²) < 4.78 is 0. The Morgan fingerprint density at radius 1 is 1.33 bits per heavy atom. The van der Waals surface area contributed by atoms with Crippen LogP contribution in [0.15, 0.2) is 24.3 Å². The van der Waals surface area contributed by atoms with Crippen molar-refractivity contribution in [2.45, 2.75) is 19.9 Å². The van der Waals surface area contributed by atoms with Crippen LogP contribution in [0.1, 0.15) is 24.1 Å². The number of carbonyl (C=O) groups is 1. The standard InChI is InChI=1S/C10H13NO/c1-8-3-5-10(6-4-8)9(2)11-7-12/h3-7,9H,1-2H3,(H,11,12). The van der Waals surface area contributed by atoms with Crippen LogP contribution in [0.5, 0.6) is 0 Å². The third-order valence-corrected chi connectivity index (χ3v) is 1.90. The zero-order valence-electron chi connectivity index (χ0n) is 7.37. The average Bonchev–Trinajstić information content (AvgIpc) is 2.06. The zero-order chi connectivity index (χ0) is 8.97. The fourth-order valence-corrected chi connectivity index (χ4v) is 1.05. The third kappa shape index (κ3) is 2.09. The van der Waals surface area contributed by atoms with E-state index in [-0.39, 0.29) is 6.04 Å². The first-order chi connectivity index (χ1) is 5.74. The van der Waals surface area contributed by atoms with E-state index in [1.54, 1.807) is 0 Å². The number of benzene rings is 1. The highest BCUT2D eigenvalue weighted by Crippen LogP contribution is 2.11. The molecule has 1 N–H and O–H groups in total. The van der Waals surface area contributed by atoms with Crippen LogP contribution in [0.4, 0.5) is 0 Å². The van der Waals surface area contributed by atoms with Crippen molar-refractivity contribution in [1.82, 2.24) is 5.32 Å². The molecule has 1 rings (SSSR count). The largest absolute Gasteiger partial charge is 0.352 e. The molecule has 0 aliphatic rings. The molecule has 0 aromatic heterocycles. The molecule has 0 aliphatic heterocycles. The van der Waals surface area contributed by atoms with Crippen molar-refractivity contribution in [1.29, 1.82) is 0 Å². The summed E-state index contributed by atoms with van der Waals surface area (Å²) in [5.74, 6) is 0. The van der Waals surface area contributed by atoms with E-state index in [2.05, 4.69) is 5.32 Å². The predicted octanol–water partition coefficient (Wildman–Crippen LogP) is 1.80. The Balaban J connectivity index is 2.74. The van der Waals surface area contributed by atoms with Crippen LogP contribution in [0.2, 0.25) is 0 Å². The maximum absolute atomic E-state index is 10.1. The Morgan fingerprint density at radius 3 is 2.42 bits per heavy atom. The minimum absolute atomic E-state index is 0.100. The van der Waals surface area contributed by atoms with Crippen LogP contribution in [0, 0.1) is 6.92 Å². The molecule has 0 fully saturated rings. The van der Waals surface area contributed by atoms with E-state index in [0.717, 1.165) is 12.0 Å². The predicted molar refractivity (Wildman–Crippen MR) is 48.8 cm³/mol. The van der Waals surface area contributed by atoms with Gasteiger partial charge in [0.2, 0.25) is 6.41 Å². The van der Waals surface area contributed by atoms with Crippen molar-refractivity contribution >= 4 is 6.41 Å². The molecule has 0 spiro atoms. The summed E-state index contributed by atoms with van der Waals surface area (Å²) in [5, 5.41) is 2.70. The summed E-state index contributed by atoms with van der Waals surface area (Å²) in [7, 11) is 0. The van der Waals surface area contributed by atoms with Gasteiger partial charge >= 0.3 is 0 Å². The monoisotopic (exact) mass is 163 g/mol. The quantitative estimate of drug-likeness (QED) is 0.676. The molecule has 1 aromatic carbocycles. The SMILES string of the molecule is Cc1ccc(C(C)NC=O)cc1. The molecule has 1 amide bonds. The first-order valence-electron chi connectivity index (χ1n) is 4.00. The Morgan fingerprint density at radius 2 is 1.92 bits per heavy atom. The van der Waals surface area contributed by atoms with Gasteiger partial charge in [0.05, 0.1) is 6.04 Å². The number of aryl methyl sites for hydroxylation is 1. The van der Waals surface area contributed by atoms with Crippen molar-refractivity contribution in [2.75, 3.05) is 0 Å². The molecule has 0 saturated heterocycles. The number of carbonyl (C=O) groups excluding carboxylic acids is 1. The van der Waals surface area contributed by atoms with Gasteiger partial charge in [-0.2, -0.15) is 0 Å². The fraction of sp³-hybridized carbons (Fsp3) is 0.300. The third-order valence-electron chi connectivity index (χ3n) is 1.90. The van der Waals surface area contributed by atoms with Crippen LogP contribution in [0.25, 0.3) is 0 Å². The van der Waals surface area contributed by atoms with Crippen molar-refractivity contribution in [3.8, 4) is 0 Å². The van der Waals surface area contributed by atoms with Gasteiger partial charge in [0.25, 0.3) is 0 Å². The molecule has 12 heavy (non-hydrogen) atoms. The van der Waals surface area contributed by atoms with E-state index in [1.807, 2.05) is 38.1 Å². The summed E-state index contributed by atoms with van der Waals surface area (Å²) in [6.45, 7) is 4.00. The molecule has 1 aromatic rings. The molecule has 2 heteroatoms. The lowest BCUT2D eigenvalue weighted by atomic mass is 10.1. The van der Waals surface area contributed by atoms with E-state index >= 15 is 0 Å². The maximum Gasteiger partial charge on any atom is 0.207 e. The molecule has 2 nitrogen and oxygen atoms in total. The first kappa shape index (κ1) is 8.78. The topological polar surface area (TPSA) is 29.1 Å². The van der Waals surface area contributed by atoms with Crippen LogP contribution >= 0.6 is 0 Å². The van der Waals surface area contributed by atoms with Gasteiger partial charge in [0, 0.05) is 0 Å². The number of rotatable bonds is 3. The Hall–Kier alpha value is -1.31. The second-order valence-electron chi connectivity index (χ2n) is 2.92. The molecule has 64 valence electrons. The number of amides is 1. The van der Waals surface area contributed by atoms with Gasteiger partial charge in [-0.1, -0.05) is 29.8 Å². The normalized spacial score (nSPS) is 12.2. The lowest BCUT2D eigenvalue weighted by Gasteiger charge is -2.09. The molecule has 0 saturated carbocycles. The van der Waals surface area contributed by atoms with Gasteiger partial charge < -0.3 is 5.32 Å². The van der Waals surface area contributed by atoms with E-state index in [1.165, 1.54) is 5.56 Å². The Bertz CT molecular complexity index is 253. The minimum Gasteiger partial charge on any atom is -0.352 e. The summed E-state index contributed by atoms with van der Waals surface area (Å²) in [4.78, 5) is 10.1. The summed E-state index contributed by atoms with van der Waals surface area (Å²) >= 11 is 0. The second kappa shape index (κ2) is 3.90. The van der Waals surface area contributed by atoms with Gasteiger partial charge in [-0.15, -0.1) is 0 Å². The van der Waals surface area contributed by atoms with Crippen LogP contribution in [-0.2, 0) is 4.79 Å². The van der Waals surface area contributed by atoms with Crippen LogP contribution < -0.4 is 5.32 Å². The van der Waals surface area contributed by atoms with Gasteiger partial charge in [0.15, 0.2) is 0 Å². The summed E-state index contributed by atoms with van der Waals surface area (Å²) in [6.07, 6.45) is 0.727. The van der Waals surface area contributed by atoms with E-state index in [0.29, 0.717) is 0 Å². The Labute approximate surface area is 72.6 Å². The fourth-order valence-electron chi connectivity index (χ4n) is 1.05. The summed E-state index contributed by atoms with van der Waals surface area (Å²) in [5.41, 5.74) is 2.37. The van der Waals surface area contributed by atoms with Crippen LogP contribution in [0.3, 0.4) is 0 Å². The van der Waals surface area contributed by atoms with Crippen molar-refractivity contribution < 1.29 is 4.79 Å². The number of nitrogens with one attached hydrogen (secondary N) is 1. The molecule has 0 aliphatic carbocycles. The highest BCUT2D eigenvalue weighted by atomic mass is 16.1. The average molecular weight is 163 g/mol. The zero-order valence-corrected chi connectivity index (χ0v) is 7.37. The smallest absolute Gasteiger partial charge is 0.207 e. The van der Waals surface area contributed by atoms with Crippen molar-refractivity contribution in [3.63, 3.8) is 0 Å². The van der Waals surface area contributed by atoms with Gasteiger partial charge in [-0.3, -0.25) is 4.79 Å². The maximum atomic E-state index is 10.1. The van der Waals surface area contributed by atoms with Crippen LogP contribution in [-0.4, -0.2) is 6.41 Å². The van der Waals surface area contributed by atoms with Crippen molar-refractivity contribution in [2.24, 2.45) is 0 Å². The molecular weight excluding hydrogens is 150 g/mol. The summed E-state index contributed by atoms with van der Waals surface area (Å²) in [6, 6.07) is 8.23. The number of hydrogen-bond acceptors (Lipinski definition) is 1. The molecule has 1 atom stereocenters. The molecular formula is C10H13NO. The Kier molecular flexibility index (Phi) is 2.86. The first-order valence-corrected chi connectivity index (χ1v) is 4.00. The van der Waals surface area contributed by atoms with Gasteiger partial charge in [-0.05, 0) is 19.4 Å².